The number of hydrogen-bond donors (Lipinski definition) is 1. The molecule has 2 aliphatic heterocycles. The second kappa shape index (κ2) is 7.77. The lowest BCUT2D eigenvalue weighted by Gasteiger charge is -2.34. The van der Waals surface area contributed by atoms with Gasteiger partial charge in [-0.3, -0.25) is 14.2 Å². The van der Waals surface area contributed by atoms with Crippen LogP contribution in [0.3, 0.4) is 0 Å². The zero-order chi connectivity index (χ0) is 22.4. The maximum absolute atomic E-state index is 13.8. The summed E-state index contributed by atoms with van der Waals surface area (Å²) in [6, 6.07) is 12.2. The number of rotatable bonds is 4. The quantitative estimate of drug-likeness (QED) is 0.717. The van der Waals surface area contributed by atoms with Crippen LogP contribution in [-0.2, 0) is 19.6 Å². The molecule has 166 valence electrons. The van der Waals surface area contributed by atoms with Crippen molar-refractivity contribution < 1.29 is 26.9 Å². The van der Waals surface area contributed by atoms with Gasteiger partial charge in [0.1, 0.15) is 11.4 Å². The summed E-state index contributed by atoms with van der Waals surface area (Å²) < 4.78 is 54.1. The monoisotopic (exact) mass is 449 g/mol. The molecule has 2 aliphatic rings. The van der Waals surface area contributed by atoms with Crippen LogP contribution in [0.2, 0.25) is 0 Å². The second-order valence-corrected chi connectivity index (χ2v) is 9.49. The van der Waals surface area contributed by atoms with Gasteiger partial charge in [-0.05, 0) is 56.3 Å². The Morgan fingerprint density at radius 3 is 2.23 bits per heavy atom. The molecule has 0 aliphatic carbocycles. The summed E-state index contributed by atoms with van der Waals surface area (Å²) in [6.45, 7) is 5.89. The van der Waals surface area contributed by atoms with E-state index in [0.717, 1.165) is 29.7 Å². The average molecular weight is 450 g/mol. The maximum atomic E-state index is 13.8. The van der Waals surface area contributed by atoms with Gasteiger partial charge < -0.3 is 14.5 Å². The van der Waals surface area contributed by atoms with Crippen LogP contribution < -0.4 is 14.7 Å². The van der Waals surface area contributed by atoms with Gasteiger partial charge >= 0.3 is 10.1 Å². The van der Waals surface area contributed by atoms with E-state index in [9.17, 15) is 22.2 Å². The van der Waals surface area contributed by atoms with Crippen LogP contribution in [0.25, 0.3) is 0 Å². The van der Waals surface area contributed by atoms with Gasteiger partial charge in [0.2, 0.25) is 5.50 Å². The molecular weight excluding hydrogens is 425 g/mol. The van der Waals surface area contributed by atoms with Crippen LogP contribution in [0, 0.1) is 5.82 Å². The third kappa shape index (κ3) is 3.86. The zero-order valence-electron chi connectivity index (χ0n) is 17.2. The Hall–Kier alpha value is -2.69. The molecule has 1 unspecified atom stereocenters. The number of morpholine rings is 1. The summed E-state index contributed by atoms with van der Waals surface area (Å²) in [4.78, 5) is 17.7. The first-order chi connectivity index (χ1) is 14.6. The van der Waals surface area contributed by atoms with Crippen molar-refractivity contribution in [1.29, 1.82) is 0 Å². The molecule has 10 heteroatoms. The van der Waals surface area contributed by atoms with E-state index >= 15 is 0 Å². The molecule has 0 saturated carbocycles. The molecular formula is C21H24FN3O5S. The Bertz CT molecular complexity index is 1080. The van der Waals surface area contributed by atoms with Crippen molar-refractivity contribution in [2.24, 2.45) is 0 Å². The number of amides is 1. The molecule has 4 rings (SSSR count). The van der Waals surface area contributed by atoms with Gasteiger partial charge in [-0.1, -0.05) is 6.07 Å². The number of halogens is 1. The van der Waals surface area contributed by atoms with Crippen LogP contribution in [0.4, 0.5) is 21.5 Å². The van der Waals surface area contributed by atoms with Crippen molar-refractivity contribution in [3.05, 3.63) is 54.3 Å². The summed E-state index contributed by atoms with van der Waals surface area (Å²) in [6.07, 6.45) is 0. The SMILES string of the molecule is CC1(C)C(=O)N(c2cccc(F)c2)C(S(=O)(=O)O)N1c1ccc(N2CCOCC2)cc1. The topological polar surface area (TPSA) is 90.4 Å². The fourth-order valence-corrected chi connectivity index (χ4v) is 5.26. The Morgan fingerprint density at radius 1 is 1.03 bits per heavy atom. The van der Waals surface area contributed by atoms with Crippen molar-refractivity contribution in [3.8, 4) is 0 Å². The number of carbonyl (C=O) groups is 1. The number of hydrogen-bond acceptors (Lipinski definition) is 6. The summed E-state index contributed by atoms with van der Waals surface area (Å²) >= 11 is 0. The highest BCUT2D eigenvalue weighted by atomic mass is 32.2. The zero-order valence-corrected chi connectivity index (χ0v) is 18.0. The van der Waals surface area contributed by atoms with Gasteiger partial charge in [0.05, 0.1) is 13.2 Å². The molecule has 0 radical (unpaired) electrons. The first kappa shape index (κ1) is 21.5. The third-order valence-electron chi connectivity index (χ3n) is 5.64. The molecule has 8 nitrogen and oxygen atoms in total. The number of benzene rings is 2. The van der Waals surface area contributed by atoms with Crippen molar-refractivity contribution in [2.75, 3.05) is 41.0 Å². The van der Waals surface area contributed by atoms with Crippen molar-refractivity contribution >= 4 is 33.1 Å². The van der Waals surface area contributed by atoms with Crippen LogP contribution in [-0.4, -0.2) is 56.2 Å². The molecule has 2 heterocycles. The molecule has 2 aromatic carbocycles. The molecule has 2 saturated heterocycles. The predicted octanol–water partition coefficient (Wildman–Crippen LogP) is 2.47. The number of nitrogens with zero attached hydrogens (tertiary/aromatic N) is 3. The third-order valence-corrected chi connectivity index (χ3v) is 6.60. The number of anilines is 3. The van der Waals surface area contributed by atoms with E-state index in [2.05, 4.69) is 4.90 Å². The molecule has 1 amide bonds. The van der Waals surface area contributed by atoms with Gasteiger partial charge in [-0.2, -0.15) is 8.42 Å². The number of ether oxygens (including phenoxy) is 1. The lowest BCUT2D eigenvalue weighted by Crippen LogP contribution is -2.49. The Morgan fingerprint density at radius 2 is 1.65 bits per heavy atom. The summed E-state index contributed by atoms with van der Waals surface area (Å²) in [5.74, 6) is -1.19. The second-order valence-electron chi connectivity index (χ2n) is 8.04. The molecule has 0 aromatic heterocycles. The molecule has 2 fully saturated rings. The normalized spacial score (nSPS) is 21.6. The van der Waals surface area contributed by atoms with Crippen molar-refractivity contribution in [3.63, 3.8) is 0 Å². The van der Waals surface area contributed by atoms with Crippen LogP contribution in [0.5, 0.6) is 0 Å². The molecule has 1 N–H and O–H groups in total. The van der Waals surface area contributed by atoms with E-state index in [1.807, 2.05) is 12.1 Å². The minimum Gasteiger partial charge on any atom is -0.378 e. The highest BCUT2D eigenvalue weighted by Gasteiger charge is 2.57. The van der Waals surface area contributed by atoms with E-state index in [1.54, 1.807) is 26.0 Å². The first-order valence-corrected chi connectivity index (χ1v) is 11.4. The maximum Gasteiger partial charge on any atom is 0.306 e. The van der Waals surface area contributed by atoms with Crippen LogP contribution in [0.1, 0.15) is 13.8 Å². The Kier molecular flexibility index (Phi) is 5.40. The minimum absolute atomic E-state index is 0.0492. The van der Waals surface area contributed by atoms with Gasteiger partial charge in [0.25, 0.3) is 5.91 Å². The first-order valence-electron chi connectivity index (χ1n) is 9.88. The van der Waals surface area contributed by atoms with E-state index in [1.165, 1.54) is 23.1 Å². The Balaban J connectivity index is 1.77. The molecule has 2 aromatic rings. The average Bonchev–Trinajstić information content (AvgIpc) is 2.95. The predicted molar refractivity (Wildman–Crippen MR) is 115 cm³/mol. The van der Waals surface area contributed by atoms with Crippen molar-refractivity contribution in [2.45, 2.75) is 24.9 Å². The molecule has 1 atom stereocenters. The minimum atomic E-state index is -4.76. The summed E-state index contributed by atoms with van der Waals surface area (Å²) in [5, 5.41) is 0. The largest absolute Gasteiger partial charge is 0.378 e. The fraction of sp³-hybridized carbons (Fsp3) is 0.381. The van der Waals surface area contributed by atoms with Crippen LogP contribution >= 0.6 is 0 Å². The van der Waals surface area contributed by atoms with Gasteiger partial charge in [0.15, 0.2) is 0 Å². The summed E-state index contributed by atoms with van der Waals surface area (Å²) in [5.41, 5.74) is -1.61. The highest BCUT2D eigenvalue weighted by Crippen LogP contribution is 2.41. The highest BCUT2D eigenvalue weighted by molar-refractivity contribution is 7.86. The van der Waals surface area contributed by atoms with E-state index in [0.29, 0.717) is 18.9 Å². The molecule has 0 spiro atoms. The molecule has 31 heavy (non-hydrogen) atoms. The fourth-order valence-electron chi connectivity index (χ4n) is 4.12. The van der Waals surface area contributed by atoms with Gasteiger partial charge in [-0.25, -0.2) is 4.39 Å². The van der Waals surface area contributed by atoms with E-state index in [4.69, 9.17) is 4.74 Å². The lowest BCUT2D eigenvalue weighted by molar-refractivity contribution is -0.120. The van der Waals surface area contributed by atoms with E-state index in [-0.39, 0.29) is 5.69 Å². The molecule has 0 bridgehead atoms. The van der Waals surface area contributed by atoms with Gasteiger partial charge in [-0.15, -0.1) is 0 Å². The van der Waals surface area contributed by atoms with E-state index < -0.39 is 32.9 Å². The number of carbonyl (C=O) groups excluding carboxylic acids is 1. The smallest absolute Gasteiger partial charge is 0.306 e. The van der Waals surface area contributed by atoms with Gasteiger partial charge in [0, 0.05) is 30.2 Å². The lowest BCUT2D eigenvalue weighted by atomic mass is 10.0. The Labute approximate surface area is 180 Å². The van der Waals surface area contributed by atoms with Crippen molar-refractivity contribution in [1.82, 2.24) is 0 Å². The summed E-state index contributed by atoms with van der Waals surface area (Å²) in [7, 11) is -4.76. The van der Waals surface area contributed by atoms with Crippen LogP contribution in [0.15, 0.2) is 48.5 Å². The standard InChI is InChI=1S/C21H24FN3O5S/c1-21(2)19(26)24(18-5-3-4-15(22)14-18)20(31(27,28)29)25(21)17-8-6-16(7-9-17)23-10-12-30-13-11-23/h3-9,14,20H,10-13H2,1-2H3,(H,27,28,29).